The highest BCUT2D eigenvalue weighted by molar-refractivity contribution is 5.50. The van der Waals surface area contributed by atoms with Crippen LogP contribution in [0.2, 0.25) is 0 Å². The molecule has 0 amide bonds. The number of unbranched alkanes of at least 4 members (excludes halogenated alkanes) is 2. The molecule has 0 fully saturated rings. The molecule has 0 saturated carbocycles. The summed E-state index contributed by atoms with van der Waals surface area (Å²) in [7, 11) is 1.54. The van der Waals surface area contributed by atoms with E-state index in [1.54, 1.807) is 13.2 Å². The van der Waals surface area contributed by atoms with E-state index in [4.69, 9.17) is 4.74 Å². The van der Waals surface area contributed by atoms with Crippen molar-refractivity contribution in [2.45, 2.75) is 32.6 Å². The number of aromatic hydroxyl groups is 2. The Morgan fingerprint density at radius 1 is 1.20 bits per heavy atom. The lowest BCUT2D eigenvalue weighted by Gasteiger charge is -2.08. The van der Waals surface area contributed by atoms with Gasteiger partial charge in [-0.1, -0.05) is 19.8 Å². The molecule has 15 heavy (non-hydrogen) atoms. The van der Waals surface area contributed by atoms with Crippen molar-refractivity contribution < 1.29 is 14.9 Å². The van der Waals surface area contributed by atoms with E-state index in [0.29, 0.717) is 5.75 Å². The van der Waals surface area contributed by atoms with Gasteiger partial charge in [0.25, 0.3) is 0 Å². The van der Waals surface area contributed by atoms with Gasteiger partial charge >= 0.3 is 0 Å². The Bertz CT molecular complexity index is 321. The Kier molecular flexibility index (Phi) is 4.28. The summed E-state index contributed by atoms with van der Waals surface area (Å²) in [4.78, 5) is 0. The molecule has 0 aromatic heterocycles. The van der Waals surface area contributed by atoms with E-state index in [1.807, 2.05) is 0 Å². The highest BCUT2D eigenvalue weighted by Gasteiger charge is 2.08. The number of phenolic OH excluding ortho intramolecular Hbond substituents is 2. The number of benzene rings is 1. The monoisotopic (exact) mass is 210 g/mol. The topological polar surface area (TPSA) is 49.7 Å². The molecule has 0 aliphatic rings. The fourth-order valence-electron chi connectivity index (χ4n) is 1.52. The normalized spacial score (nSPS) is 10.3. The fraction of sp³-hybridized carbons (Fsp3) is 0.500. The van der Waals surface area contributed by atoms with E-state index in [0.717, 1.165) is 31.2 Å². The van der Waals surface area contributed by atoms with E-state index >= 15 is 0 Å². The third-order valence-corrected chi connectivity index (χ3v) is 2.43. The number of phenols is 2. The lowest BCUT2D eigenvalue weighted by Crippen LogP contribution is -1.90. The van der Waals surface area contributed by atoms with Crippen LogP contribution in [0.1, 0.15) is 31.7 Å². The third kappa shape index (κ3) is 3.05. The van der Waals surface area contributed by atoms with Gasteiger partial charge in [-0.15, -0.1) is 0 Å². The van der Waals surface area contributed by atoms with Gasteiger partial charge in [0.1, 0.15) is 5.75 Å². The Morgan fingerprint density at radius 3 is 2.53 bits per heavy atom. The van der Waals surface area contributed by atoms with Crippen LogP contribution in [0.3, 0.4) is 0 Å². The molecular weight excluding hydrogens is 192 g/mol. The summed E-state index contributed by atoms with van der Waals surface area (Å²) in [5, 5.41) is 19.0. The molecule has 0 atom stereocenters. The average molecular weight is 210 g/mol. The van der Waals surface area contributed by atoms with Crippen LogP contribution in [0.15, 0.2) is 12.1 Å². The van der Waals surface area contributed by atoms with Gasteiger partial charge in [-0.25, -0.2) is 0 Å². The number of rotatable bonds is 5. The van der Waals surface area contributed by atoms with E-state index in [1.165, 1.54) is 6.07 Å². The van der Waals surface area contributed by atoms with Crippen molar-refractivity contribution >= 4 is 0 Å². The predicted molar refractivity (Wildman–Crippen MR) is 59.6 cm³/mol. The lowest BCUT2D eigenvalue weighted by atomic mass is 10.1. The van der Waals surface area contributed by atoms with Gasteiger partial charge in [-0.2, -0.15) is 0 Å². The Labute approximate surface area is 90.3 Å². The lowest BCUT2D eigenvalue weighted by molar-refractivity contribution is 0.382. The van der Waals surface area contributed by atoms with Crippen molar-refractivity contribution in [3.8, 4) is 17.2 Å². The second-order valence-electron chi connectivity index (χ2n) is 3.61. The van der Waals surface area contributed by atoms with Crippen molar-refractivity contribution in [1.82, 2.24) is 0 Å². The minimum atomic E-state index is -0.110. The molecule has 0 heterocycles. The molecule has 0 saturated heterocycles. The molecule has 1 aromatic rings. The first-order valence-corrected chi connectivity index (χ1v) is 5.27. The van der Waals surface area contributed by atoms with Gasteiger partial charge in [-0.05, 0) is 18.9 Å². The summed E-state index contributed by atoms with van der Waals surface area (Å²) in [5.74, 6) is 0.449. The maximum atomic E-state index is 9.61. The minimum Gasteiger partial charge on any atom is -0.504 e. The van der Waals surface area contributed by atoms with Crippen molar-refractivity contribution in [3.63, 3.8) is 0 Å². The molecular formula is C12H18O3. The summed E-state index contributed by atoms with van der Waals surface area (Å²) in [6.07, 6.45) is 4.04. The molecule has 0 aliphatic carbocycles. The van der Waals surface area contributed by atoms with Gasteiger partial charge in [0.15, 0.2) is 11.5 Å². The van der Waals surface area contributed by atoms with E-state index < -0.39 is 0 Å². The van der Waals surface area contributed by atoms with Gasteiger partial charge in [-0.3, -0.25) is 0 Å². The molecule has 0 aliphatic heterocycles. The van der Waals surface area contributed by atoms with Crippen molar-refractivity contribution in [2.24, 2.45) is 0 Å². The summed E-state index contributed by atoms with van der Waals surface area (Å²) >= 11 is 0. The quantitative estimate of drug-likeness (QED) is 0.580. The van der Waals surface area contributed by atoms with Crippen LogP contribution in [0, 0.1) is 0 Å². The maximum Gasteiger partial charge on any atom is 0.161 e. The molecule has 2 N–H and O–H groups in total. The standard InChI is InChI=1S/C12H18O3/c1-3-4-5-6-9-7-10(15-2)8-11(13)12(9)14/h7-8,13-14H,3-6H2,1-2H3. The number of hydrogen-bond donors (Lipinski definition) is 2. The molecule has 3 heteroatoms. The van der Waals surface area contributed by atoms with Crippen molar-refractivity contribution in [3.05, 3.63) is 17.7 Å². The zero-order valence-electron chi connectivity index (χ0n) is 9.29. The van der Waals surface area contributed by atoms with E-state index in [-0.39, 0.29) is 11.5 Å². The van der Waals surface area contributed by atoms with Crippen LogP contribution in [0.5, 0.6) is 17.2 Å². The Morgan fingerprint density at radius 2 is 1.93 bits per heavy atom. The first-order valence-electron chi connectivity index (χ1n) is 5.27. The van der Waals surface area contributed by atoms with Gasteiger partial charge in [0.2, 0.25) is 0 Å². The van der Waals surface area contributed by atoms with Crippen LogP contribution < -0.4 is 4.74 Å². The van der Waals surface area contributed by atoms with Crippen molar-refractivity contribution in [2.75, 3.05) is 7.11 Å². The van der Waals surface area contributed by atoms with Crippen LogP contribution in [-0.2, 0) is 6.42 Å². The zero-order chi connectivity index (χ0) is 11.3. The highest BCUT2D eigenvalue weighted by Crippen LogP contribution is 2.34. The summed E-state index contributed by atoms with van der Waals surface area (Å²) in [5.41, 5.74) is 0.750. The zero-order valence-corrected chi connectivity index (χ0v) is 9.29. The van der Waals surface area contributed by atoms with E-state index in [2.05, 4.69) is 6.92 Å². The predicted octanol–water partition coefficient (Wildman–Crippen LogP) is 2.84. The Hall–Kier alpha value is -1.38. The summed E-state index contributed by atoms with van der Waals surface area (Å²) in [6.45, 7) is 2.13. The SMILES string of the molecule is CCCCCc1cc(OC)cc(O)c1O. The minimum absolute atomic E-state index is 0.0214. The Balaban J connectivity index is 2.80. The smallest absolute Gasteiger partial charge is 0.161 e. The van der Waals surface area contributed by atoms with Gasteiger partial charge in [0.05, 0.1) is 7.11 Å². The molecule has 0 radical (unpaired) electrons. The van der Waals surface area contributed by atoms with Crippen LogP contribution >= 0.6 is 0 Å². The number of hydrogen-bond acceptors (Lipinski definition) is 3. The van der Waals surface area contributed by atoms with Crippen LogP contribution in [0.4, 0.5) is 0 Å². The molecule has 0 spiro atoms. The number of ether oxygens (including phenoxy) is 1. The first-order chi connectivity index (χ1) is 7.19. The second-order valence-corrected chi connectivity index (χ2v) is 3.61. The molecule has 1 rings (SSSR count). The first kappa shape index (κ1) is 11.7. The van der Waals surface area contributed by atoms with Crippen LogP contribution in [0.25, 0.3) is 0 Å². The number of methoxy groups -OCH3 is 1. The maximum absolute atomic E-state index is 9.61. The fourth-order valence-corrected chi connectivity index (χ4v) is 1.52. The second kappa shape index (κ2) is 5.49. The van der Waals surface area contributed by atoms with Gasteiger partial charge in [0, 0.05) is 11.6 Å². The summed E-state index contributed by atoms with van der Waals surface area (Å²) in [6, 6.07) is 3.18. The molecule has 84 valence electrons. The average Bonchev–Trinajstić information content (AvgIpc) is 2.24. The molecule has 0 bridgehead atoms. The van der Waals surface area contributed by atoms with Crippen LogP contribution in [-0.4, -0.2) is 17.3 Å². The molecule has 0 unspecified atom stereocenters. The largest absolute Gasteiger partial charge is 0.504 e. The van der Waals surface area contributed by atoms with Crippen molar-refractivity contribution in [1.29, 1.82) is 0 Å². The summed E-state index contributed by atoms with van der Waals surface area (Å²) < 4.78 is 5.03. The highest BCUT2D eigenvalue weighted by atomic mass is 16.5. The third-order valence-electron chi connectivity index (χ3n) is 2.43. The number of aryl methyl sites for hydroxylation is 1. The van der Waals surface area contributed by atoms with Gasteiger partial charge < -0.3 is 14.9 Å². The molecule has 3 nitrogen and oxygen atoms in total. The molecule has 1 aromatic carbocycles. The van der Waals surface area contributed by atoms with E-state index in [9.17, 15) is 10.2 Å².